The van der Waals surface area contributed by atoms with Crippen molar-refractivity contribution in [2.75, 3.05) is 13.2 Å². The van der Waals surface area contributed by atoms with Crippen LogP contribution in [0.1, 0.15) is 72.0 Å². The van der Waals surface area contributed by atoms with E-state index in [1.54, 1.807) is 31.2 Å². The summed E-state index contributed by atoms with van der Waals surface area (Å²) in [5.41, 5.74) is 3.04. The molecular weight excluding hydrogens is 404 g/mol. The molecule has 0 aliphatic heterocycles. The third-order valence-corrected chi connectivity index (χ3v) is 4.97. The second kappa shape index (κ2) is 10.4. The lowest BCUT2D eigenvalue weighted by atomic mass is 10.0. The van der Waals surface area contributed by atoms with Gasteiger partial charge in [-0.25, -0.2) is 10.0 Å². The van der Waals surface area contributed by atoms with Gasteiger partial charge in [0.25, 0.3) is 11.8 Å². The predicted octanol–water partition coefficient (Wildman–Crippen LogP) is 4.73. The number of esters is 1. The Bertz CT molecular complexity index is 954. The average Bonchev–Trinajstić information content (AvgIpc) is 2.71. The smallest absolute Gasteiger partial charge is 0.327 e. The Morgan fingerprint density at radius 2 is 1.41 bits per heavy atom. The van der Waals surface area contributed by atoms with Crippen molar-refractivity contribution in [2.24, 2.45) is 0 Å². The lowest BCUT2D eigenvalue weighted by molar-refractivity contribution is -0.148. The molecule has 0 aliphatic carbocycles. The lowest BCUT2D eigenvalue weighted by Gasteiger charge is -2.43. The molecule has 2 amide bonds. The van der Waals surface area contributed by atoms with Crippen LogP contribution in [-0.2, 0) is 16.0 Å². The van der Waals surface area contributed by atoms with Gasteiger partial charge in [0.2, 0.25) is 0 Å². The number of hydrazine groups is 1. The number of hydrogen-bond acceptors (Lipinski definition) is 4. The van der Waals surface area contributed by atoms with E-state index in [9.17, 15) is 14.4 Å². The van der Waals surface area contributed by atoms with Crippen LogP contribution in [0.3, 0.4) is 0 Å². The van der Waals surface area contributed by atoms with E-state index in [4.69, 9.17) is 4.74 Å². The van der Waals surface area contributed by atoms with Crippen LogP contribution in [0.5, 0.6) is 0 Å². The molecule has 6 nitrogen and oxygen atoms in total. The minimum absolute atomic E-state index is 0.187. The first-order chi connectivity index (χ1) is 15.0. The average molecular weight is 439 g/mol. The Morgan fingerprint density at radius 3 is 1.88 bits per heavy atom. The quantitative estimate of drug-likeness (QED) is 0.483. The standard InChI is InChI=1S/C26H34N2O4/c1-8-20-10-12-21(13-11-20)25(31)28(26(5,6)7)27(17-23(29)32-9-2)24(30)22-15-18(3)14-19(4)16-22/h10-16H,8-9,17H2,1-7H3. The first-order valence-electron chi connectivity index (χ1n) is 11.0. The number of carbonyl (C=O) groups excluding carboxylic acids is 3. The fourth-order valence-electron chi connectivity index (χ4n) is 3.59. The molecular formula is C26H34N2O4. The minimum atomic E-state index is -0.776. The summed E-state index contributed by atoms with van der Waals surface area (Å²) in [4.78, 5) is 39.7. The zero-order valence-corrected chi connectivity index (χ0v) is 20.2. The molecule has 0 bridgehead atoms. The van der Waals surface area contributed by atoms with E-state index in [2.05, 4.69) is 0 Å². The van der Waals surface area contributed by atoms with Gasteiger partial charge in [-0.1, -0.05) is 36.2 Å². The van der Waals surface area contributed by atoms with Gasteiger partial charge < -0.3 is 4.74 Å². The molecule has 0 atom stereocenters. The number of hydrogen-bond donors (Lipinski definition) is 0. The van der Waals surface area contributed by atoms with Crippen LogP contribution in [0.25, 0.3) is 0 Å². The lowest BCUT2D eigenvalue weighted by Crippen LogP contribution is -2.59. The Hall–Kier alpha value is -3.15. The molecule has 0 fully saturated rings. The number of nitrogens with zero attached hydrogens (tertiary/aromatic N) is 2. The van der Waals surface area contributed by atoms with E-state index in [-0.39, 0.29) is 19.1 Å². The van der Waals surface area contributed by atoms with Crippen molar-refractivity contribution in [3.63, 3.8) is 0 Å². The van der Waals surface area contributed by atoms with Crippen molar-refractivity contribution in [3.05, 3.63) is 70.3 Å². The molecule has 2 rings (SSSR count). The van der Waals surface area contributed by atoms with Gasteiger partial charge in [-0.05, 0) is 77.8 Å². The summed E-state index contributed by atoms with van der Waals surface area (Å²) < 4.78 is 5.11. The Balaban J connectivity index is 2.57. The van der Waals surface area contributed by atoms with E-state index in [1.807, 2.05) is 59.7 Å². The van der Waals surface area contributed by atoms with Gasteiger partial charge in [0.15, 0.2) is 0 Å². The molecule has 0 spiro atoms. The van der Waals surface area contributed by atoms with Crippen LogP contribution >= 0.6 is 0 Å². The number of carbonyl (C=O) groups is 3. The summed E-state index contributed by atoms with van der Waals surface area (Å²) in [5.74, 6) is -1.37. The summed E-state index contributed by atoms with van der Waals surface area (Å²) in [6.45, 7) is 12.9. The molecule has 32 heavy (non-hydrogen) atoms. The number of aryl methyl sites for hydroxylation is 3. The zero-order chi connectivity index (χ0) is 24.1. The molecule has 6 heteroatoms. The number of rotatable bonds is 6. The van der Waals surface area contributed by atoms with Gasteiger partial charge in [-0.15, -0.1) is 0 Å². The second-order valence-electron chi connectivity index (χ2n) is 8.88. The maximum atomic E-state index is 13.6. The first-order valence-corrected chi connectivity index (χ1v) is 11.0. The summed E-state index contributed by atoms with van der Waals surface area (Å²) >= 11 is 0. The van der Waals surface area contributed by atoms with Crippen molar-refractivity contribution < 1.29 is 19.1 Å². The van der Waals surface area contributed by atoms with Crippen LogP contribution in [0.4, 0.5) is 0 Å². The predicted molar refractivity (Wildman–Crippen MR) is 125 cm³/mol. The minimum Gasteiger partial charge on any atom is -0.465 e. The largest absolute Gasteiger partial charge is 0.465 e. The normalized spacial score (nSPS) is 11.1. The van der Waals surface area contributed by atoms with E-state index in [0.717, 1.165) is 23.1 Å². The van der Waals surface area contributed by atoms with Gasteiger partial charge in [0, 0.05) is 11.1 Å². The second-order valence-corrected chi connectivity index (χ2v) is 8.88. The summed E-state index contributed by atoms with van der Waals surface area (Å²) in [5, 5.41) is 2.58. The molecule has 0 heterocycles. The van der Waals surface area contributed by atoms with E-state index in [1.165, 1.54) is 10.0 Å². The van der Waals surface area contributed by atoms with E-state index < -0.39 is 17.4 Å². The monoisotopic (exact) mass is 438 g/mol. The molecule has 2 aromatic rings. The van der Waals surface area contributed by atoms with Crippen LogP contribution in [0, 0.1) is 13.8 Å². The first kappa shape index (κ1) is 25.1. The molecule has 0 aromatic heterocycles. The summed E-state index contributed by atoms with van der Waals surface area (Å²) in [6.07, 6.45) is 0.859. The van der Waals surface area contributed by atoms with Crippen LogP contribution in [-0.4, -0.2) is 46.5 Å². The molecule has 0 unspecified atom stereocenters. The number of ether oxygens (including phenoxy) is 1. The molecule has 0 saturated heterocycles. The van der Waals surface area contributed by atoms with Crippen LogP contribution in [0.15, 0.2) is 42.5 Å². The van der Waals surface area contributed by atoms with E-state index in [0.29, 0.717) is 11.1 Å². The fourth-order valence-corrected chi connectivity index (χ4v) is 3.59. The van der Waals surface area contributed by atoms with Gasteiger partial charge in [0.1, 0.15) is 6.54 Å². The van der Waals surface area contributed by atoms with E-state index >= 15 is 0 Å². The molecule has 0 N–H and O–H groups in total. The Morgan fingerprint density at radius 1 is 0.844 bits per heavy atom. The fraction of sp³-hybridized carbons (Fsp3) is 0.423. The summed E-state index contributed by atoms with van der Waals surface area (Å²) in [7, 11) is 0. The van der Waals surface area contributed by atoms with Gasteiger partial charge >= 0.3 is 5.97 Å². The van der Waals surface area contributed by atoms with Gasteiger partial charge in [0.05, 0.1) is 12.1 Å². The maximum Gasteiger partial charge on any atom is 0.327 e. The van der Waals surface area contributed by atoms with Crippen molar-refractivity contribution in [2.45, 2.75) is 60.4 Å². The zero-order valence-electron chi connectivity index (χ0n) is 20.2. The number of benzene rings is 2. The molecule has 0 aliphatic rings. The third-order valence-electron chi connectivity index (χ3n) is 4.97. The highest BCUT2D eigenvalue weighted by molar-refractivity contribution is 6.00. The molecule has 0 saturated carbocycles. The van der Waals surface area contributed by atoms with Crippen LogP contribution < -0.4 is 0 Å². The third kappa shape index (κ3) is 6.19. The summed E-state index contributed by atoms with van der Waals surface area (Å²) in [6, 6.07) is 12.8. The van der Waals surface area contributed by atoms with Crippen molar-refractivity contribution >= 4 is 17.8 Å². The maximum absolute atomic E-state index is 13.6. The Kier molecular flexibility index (Phi) is 8.19. The molecule has 2 aromatic carbocycles. The topological polar surface area (TPSA) is 66.9 Å². The van der Waals surface area contributed by atoms with Crippen molar-refractivity contribution in [3.8, 4) is 0 Å². The van der Waals surface area contributed by atoms with Crippen molar-refractivity contribution in [1.82, 2.24) is 10.0 Å². The van der Waals surface area contributed by atoms with Gasteiger partial charge in [-0.3, -0.25) is 14.4 Å². The highest BCUT2D eigenvalue weighted by Crippen LogP contribution is 2.23. The highest BCUT2D eigenvalue weighted by Gasteiger charge is 2.37. The Labute approximate surface area is 191 Å². The molecule has 172 valence electrons. The SMILES string of the molecule is CCOC(=O)CN(C(=O)c1cc(C)cc(C)c1)N(C(=O)c1ccc(CC)cc1)C(C)(C)C. The van der Waals surface area contributed by atoms with Crippen molar-refractivity contribution in [1.29, 1.82) is 0 Å². The highest BCUT2D eigenvalue weighted by atomic mass is 16.5. The number of amides is 2. The van der Waals surface area contributed by atoms with Gasteiger partial charge in [-0.2, -0.15) is 0 Å². The van der Waals surface area contributed by atoms with Crippen LogP contribution in [0.2, 0.25) is 0 Å². The molecule has 0 radical (unpaired) electrons.